The van der Waals surface area contributed by atoms with Gasteiger partial charge >= 0.3 is 0 Å². The van der Waals surface area contributed by atoms with Crippen LogP contribution in [0, 0.1) is 5.92 Å². The summed E-state index contributed by atoms with van der Waals surface area (Å²) < 4.78 is 18.5. The lowest BCUT2D eigenvalue weighted by molar-refractivity contribution is 0.102. The molecule has 0 saturated heterocycles. The lowest BCUT2D eigenvalue weighted by Crippen LogP contribution is -2.11. The third kappa shape index (κ3) is 6.26. The second-order valence-electron chi connectivity index (χ2n) is 7.62. The van der Waals surface area contributed by atoms with Crippen molar-refractivity contribution in [1.29, 1.82) is 0 Å². The van der Waals surface area contributed by atoms with Crippen LogP contribution in [0.3, 0.4) is 0 Å². The maximum Gasteiger partial charge on any atom is 0.191 e. The second kappa shape index (κ2) is 11.6. The maximum atomic E-state index is 12.8. The molecule has 0 aliphatic heterocycles. The summed E-state index contributed by atoms with van der Waals surface area (Å²) in [5.74, 6) is 3.41. The Morgan fingerprint density at radius 2 is 1.78 bits per heavy atom. The number of aromatic nitrogens is 3. The van der Waals surface area contributed by atoms with Crippen molar-refractivity contribution in [3.05, 3.63) is 59.9 Å². The van der Waals surface area contributed by atoms with Crippen LogP contribution in [-0.4, -0.2) is 40.5 Å². The zero-order valence-electron chi connectivity index (χ0n) is 18.9. The molecule has 0 unspecified atom stereocenters. The van der Waals surface area contributed by atoms with Crippen molar-refractivity contribution in [1.82, 2.24) is 14.8 Å². The largest absolute Gasteiger partial charge is 0.493 e. The van der Waals surface area contributed by atoms with E-state index in [1.165, 1.54) is 11.8 Å². The summed E-state index contributed by atoms with van der Waals surface area (Å²) in [5, 5.41) is 9.38. The Balaban J connectivity index is 1.70. The average Bonchev–Trinajstić information content (AvgIpc) is 3.21. The molecule has 32 heavy (non-hydrogen) atoms. The highest BCUT2D eigenvalue weighted by Gasteiger charge is 2.17. The fourth-order valence-electron chi connectivity index (χ4n) is 3.03. The van der Waals surface area contributed by atoms with Gasteiger partial charge < -0.3 is 18.8 Å². The molecule has 7 nitrogen and oxygen atoms in total. The van der Waals surface area contributed by atoms with Gasteiger partial charge in [-0.2, -0.15) is 0 Å². The Labute approximate surface area is 193 Å². The molecule has 0 bridgehead atoms. The van der Waals surface area contributed by atoms with Gasteiger partial charge in [-0.1, -0.05) is 43.8 Å². The number of carbonyl (C=O) groups is 1. The fraction of sp³-hybridized carbons (Fsp3) is 0.375. The minimum atomic E-state index is -0.0172. The van der Waals surface area contributed by atoms with E-state index in [-0.39, 0.29) is 11.5 Å². The van der Waals surface area contributed by atoms with Crippen LogP contribution in [0.1, 0.15) is 36.5 Å². The van der Waals surface area contributed by atoms with E-state index in [4.69, 9.17) is 14.2 Å². The van der Waals surface area contributed by atoms with E-state index < -0.39 is 0 Å². The van der Waals surface area contributed by atoms with Crippen LogP contribution in [0.4, 0.5) is 0 Å². The topological polar surface area (TPSA) is 75.5 Å². The summed E-state index contributed by atoms with van der Waals surface area (Å²) in [4.78, 5) is 12.8. The van der Waals surface area contributed by atoms with Gasteiger partial charge in [0.1, 0.15) is 12.4 Å². The van der Waals surface area contributed by atoms with Gasteiger partial charge in [0.15, 0.2) is 28.3 Å². The van der Waals surface area contributed by atoms with Crippen LogP contribution in [0.15, 0.2) is 53.7 Å². The van der Waals surface area contributed by atoms with Crippen LogP contribution in [0.5, 0.6) is 17.2 Å². The highest BCUT2D eigenvalue weighted by molar-refractivity contribution is 7.99. The van der Waals surface area contributed by atoms with Crippen LogP contribution < -0.4 is 14.2 Å². The van der Waals surface area contributed by atoms with Gasteiger partial charge in [0.2, 0.25) is 0 Å². The van der Waals surface area contributed by atoms with E-state index >= 15 is 0 Å². The van der Waals surface area contributed by atoms with Gasteiger partial charge in [-0.3, -0.25) is 4.79 Å². The number of hydrogen-bond donors (Lipinski definition) is 0. The normalized spacial score (nSPS) is 10.9. The predicted molar refractivity (Wildman–Crippen MR) is 125 cm³/mol. The number of hydrogen-bond acceptors (Lipinski definition) is 7. The first kappa shape index (κ1) is 23.7. The molecule has 0 N–H and O–H groups in total. The third-order valence-electron chi connectivity index (χ3n) is 4.87. The van der Waals surface area contributed by atoms with Gasteiger partial charge in [-0.05, 0) is 42.7 Å². The maximum absolute atomic E-state index is 12.8. The lowest BCUT2D eigenvalue weighted by Gasteiger charge is -2.12. The molecule has 0 radical (unpaired) electrons. The quantitative estimate of drug-likeness (QED) is 0.284. The zero-order valence-corrected chi connectivity index (χ0v) is 19.7. The first-order valence-electron chi connectivity index (χ1n) is 10.5. The number of ether oxygens (including phenoxy) is 3. The number of rotatable bonds is 12. The average molecular weight is 456 g/mol. The second-order valence-corrected chi connectivity index (χ2v) is 8.56. The molecule has 0 aliphatic rings. The van der Waals surface area contributed by atoms with Gasteiger partial charge in [0.25, 0.3) is 0 Å². The van der Waals surface area contributed by atoms with Crippen molar-refractivity contribution in [2.45, 2.75) is 38.6 Å². The molecule has 1 aromatic heterocycles. The third-order valence-corrected chi connectivity index (χ3v) is 5.84. The van der Waals surface area contributed by atoms with Crippen molar-refractivity contribution < 1.29 is 19.0 Å². The minimum Gasteiger partial charge on any atom is -0.493 e. The Morgan fingerprint density at radius 3 is 2.47 bits per heavy atom. The molecule has 0 spiro atoms. The Morgan fingerprint density at radius 1 is 1.03 bits per heavy atom. The summed E-state index contributed by atoms with van der Waals surface area (Å²) in [6.45, 7) is 5.44. The number of nitrogens with zero attached hydrogens (tertiary/aromatic N) is 3. The summed E-state index contributed by atoms with van der Waals surface area (Å²) in [6.07, 6.45) is 0.980. The number of carbonyl (C=O) groups excluding carboxylic acids is 1. The highest BCUT2D eigenvalue weighted by atomic mass is 32.2. The molecule has 0 saturated carbocycles. The number of para-hydroxylation sites is 1. The standard InChI is InChI=1S/C24H29N3O4S/c1-17(2)12-13-27-23(15-31-19-8-6-5-7-9-19)25-26-24(27)32-16-20(28)18-10-11-21(29-3)22(14-18)30-4/h5-11,14,17H,12-13,15-16H2,1-4H3. The number of ketones is 1. The highest BCUT2D eigenvalue weighted by Crippen LogP contribution is 2.29. The number of benzene rings is 2. The monoisotopic (exact) mass is 455 g/mol. The molecule has 3 aromatic rings. The van der Waals surface area contributed by atoms with E-state index in [2.05, 4.69) is 28.6 Å². The van der Waals surface area contributed by atoms with Crippen LogP contribution in [-0.2, 0) is 13.2 Å². The summed E-state index contributed by atoms with van der Waals surface area (Å²) in [5.41, 5.74) is 0.566. The van der Waals surface area contributed by atoms with E-state index in [0.717, 1.165) is 24.5 Å². The van der Waals surface area contributed by atoms with E-state index in [0.29, 0.717) is 34.7 Å². The van der Waals surface area contributed by atoms with Crippen molar-refractivity contribution in [2.75, 3.05) is 20.0 Å². The van der Waals surface area contributed by atoms with Crippen molar-refractivity contribution in [3.8, 4) is 17.2 Å². The van der Waals surface area contributed by atoms with Gasteiger partial charge in [-0.15, -0.1) is 10.2 Å². The van der Waals surface area contributed by atoms with Gasteiger partial charge in [0.05, 0.1) is 20.0 Å². The van der Waals surface area contributed by atoms with E-state index in [1.807, 2.05) is 30.3 Å². The van der Waals surface area contributed by atoms with Crippen molar-refractivity contribution in [2.24, 2.45) is 5.92 Å². The first-order valence-corrected chi connectivity index (χ1v) is 11.5. The molecular formula is C24H29N3O4S. The molecule has 1 heterocycles. The van der Waals surface area contributed by atoms with Crippen LogP contribution in [0.25, 0.3) is 0 Å². The van der Waals surface area contributed by atoms with Crippen molar-refractivity contribution >= 4 is 17.5 Å². The minimum absolute atomic E-state index is 0.0172. The summed E-state index contributed by atoms with van der Waals surface area (Å²) in [6, 6.07) is 14.8. The van der Waals surface area contributed by atoms with E-state index in [1.54, 1.807) is 32.4 Å². The summed E-state index contributed by atoms with van der Waals surface area (Å²) >= 11 is 1.38. The van der Waals surface area contributed by atoms with Gasteiger partial charge in [0, 0.05) is 12.1 Å². The van der Waals surface area contributed by atoms with Gasteiger partial charge in [-0.25, -0.2) is 0 Å². The molecule has 3 rings (SSSR count). The summed E-state index contributed by atoms with van der Waals surface area (Å²) in [7, 11) is 3.12. The van der Waals surface area contributed by atoms with Crippen LogP contribution >= 0.6 is 11.8 Å². The molecule has 170 valence electrons. The fourth-order valence-corrected chi connectivity index (χ4v) is 3.91. The predicted octanol–water partition coefficient (Wildman–Crippen LogP) is 4.90. The van der Waals surface area contributed by atoms with Crippen molar-refractivity contribution in [3.63, 3.8) is 0 Å². The zero-order chi connectivity index (χ0) is 22.9. The Bertz CT molecular complexity index is 1020. The molecule has 0 aliphatic carbocycles. The Kier molecular flexibility index (Phi) is 8.56. The van der Waals surface area contributed by atoms with E-state index in [9.17, 15) is 4.79 Å². The Hall–Kier alpha value is -3.00. The molecule has 0 fully saturated rings. The number of methoxy groups -OCH3 is 2. The molecule has 2 aromatic carbocycles. The van der Waals surface area contributed by atoms with Crippen LogP contribution in [0.2, 0.25) is 0 Å². The molecule has 0 atom stereocenters. The smallest absolute Gasteiger partial charge is 0.191 e. The SMILES string of the molecule is COc1ccc(C(=O)CSc2nnc(COc3ccccc3)n2CCC(C)C)cc1OC. The molecule has 8 heteroatoms. The molecular weight excluding hydrogens is 426 g/mol. The first-order chi connectivity index (χ1) is 15.5. The number of Topliss-reactive ketones (excluding diaryl/α,β-unsaturated/α-hetero) is 1. The molecule has 0 amide bonds. The number of thioether (sulfide) groups is 1. The lowest BCUT2D eigenvalue weighted by atomic mass is 10.1.